The van der Waals surface area contributed by atoms with Gasteiger partial charge in [-0.05, 0) is 26.0 Å². The third-order valence-electron chi connectivity index (χ3n) is 1.92. The number of carbonyl (C=O) groups is 2. The number of hydrogen-bond acceptors (Lipinski definition) is 4. The van der Waals surface area contributed by atoms with Crippen LogP contribution in [0.25, 0.3) is 0 Å². The zero-order valence-corrected chi connectivity index (χ0v) is 11.5. The van der Waals surface area contributed by atoms with Crippen molar-refractivity contribution in [2.24, 2.45) is 0 Å². The van der Waals surface area contributed by atoms with E-state index in [9.17, 15) is 9.59 Å². The maximum Gasteiger partial charge on any atom is 0.338 e. The van der Waals surface area contributed by atoms with Crippen molar-refractivity contribution >= 4 is 21.8 Å². The van der Waals surface area contributed by atoms with Crippen LogP contribution in [0.1, 0.15) is 34.6 Å². The fourth-order valence-corrected chi connectivity index (χ4v) is 1.26. The molecular weight excluding hydrogens is 239 g/mol. The summed E-state index contributed by atoms with van der Waals surface area (Å²) < 4.78 is 9.70. The van der Waals surface area contributed by atoms with E-state index in [-0.39, 0.29) is 34.2 Å². The Hall–Kier alpha value is -1.41. The van der Waals surface area contributed by atoms with E-state index in [4.69, 9.17) is 9.47 Å². The zero-order chi connectivity index (χ0) is 12.0. The van der Waals surface area contributed by atoms with Crippen LogP contribution in [-0.2, 0) is 9.47 Å². The number of hydrogen-bond donors (Lipinski definition) is 0. The van der Waals surface area contributed by atoms with Gasteiger partial charge in [0, 0.05) is 0 Å². The third kappa shape index (κ3) is 4.16. The van der Waals surface area contributed by atoms with Gasteiger partial charge in [-0.1, -0.05) is 12.1 Å². The number of esters is 2. The highest BCUT2D eigenvalue weighted by Crippen LogP contribution is 2.11. The molecule has 0 aliphatic rings. The first kappa shape index (κ1) is 15.6. The van der Waals surface area contributed by atoms with Crippen LogP contribution in [0.4, 0.5) is 0 Å². The number of rotatable bonds is 4. The molecule has 1 unspecified atom stereocenters. The predicted molar refractivity (Wildman–Crippen MR) is 69.5 cm³/mol. The Labute approximate surface area is 104 Å². The minimum Gasteiger partial charge on any atom is -0.462 e. The first-order valence-electron chi connectivity index (χ1n) is 5.14. The van der Waals surface area contributed by atoms with Crippen molar-refractivity contribution < 1.29 is 19.1 Å². The van der Waals surface area contributed by atoms with Gasteiger partial charge in [0.05, 0.1) is 24.3 Å². The highest BCUT2D eigenvalue weighted by molar-refractivity contribution is 6.92. The number of carbonyl (C=O) groups excluding carboxylic acids is 2. The first-order chi connectivity index (χ1) is 7.70. The molecule has 0 fully saturated rings. The molecule has 1 atom stereocenters. The van der Waals surface area contributed by atoms with Crippen molar-refractivity contribution in [1.82, 2.24) is 0 Å². The molecule has 1 aromatic carbocycles. The van der Waals surface area contributed by atoms with Crippen LogP contribution < -0.4 is 0 Å². The van der Waals surface area contributed by atoms with Gasteiger partial charge in [-0.2, -0.15) is 9.90 Å². The van der Waals surface area contributed by atoms with Gasteiger partial charge in [0.25, 0.3) is 0 Å². The summed E-state index contributed by atoms with van der Waals surface area (Å²) in [5, 5.41) is 0. The molecule has 17 heavy (non-hydrogen) atoms. The quantitative estimate of drug-likeness (QED) is 0.611. The Balaban J connectivity index is 0.00000256. The fourth-order valence-electron chi connectivity index (χ4n) is 1.26. The van der Waals surface area contributed by atoms with Crippen LogP contribution in [0.5, 0.6) is 0 Å². The molecule has 0 aromatic heterocycles. The summed E-state index contributed by atoms with van der Waals surface area (Å²) >= 11 is 0. The Morgan fingerprint density at radius 3 is 1.59 bits per heavy atom. The average molecular weight is 256 g/mol. The Kier molecular flexibility index (Phi) is 7.15. The third-order valence-corrected chi connectivity index (χ3v) is 1.92. The van der Waals surface area contributed by atoms with Crippen LogP contribution in [0.15, 0.2) is 24.3 Å². The van der Waals surface area contributed by atoms with Crippen molar-refractivity contribution in [3.8, 4) is 0 Å². The van der Waals surface area contributed by atoms with Crippen molar-refractivity contribution in [1.29, 1.82) is 0 Å². The molecule has 0 N–H and O–H groups in total. The molecule has 0 aliphatic carbocycles. The molecule has 0 aliphatic heterocycles. The standard InChI is InChI=1S/C12H14O4.H3P/c1-3-15-11(13)9-7-5-6-8-10(9)12(14)16-4-2;/h5-8H,3-4H2,1-2H3;1H3. The average Bonchev–Trinajstić information content (AvgIpc) is 2.30. The fraction of sp³-hybridized carbons (Fsp3) is 0.333. The largest absolute Gasteiger partial charge is 0.462 e. The Morgan fingerprint density at radius 2 is 1.29 bits per heavy atom. The monoisotopic (exact) mass is 256 g/mol. The summed E-state index contributed by atoms with van der Waals surface area (Å²) in [6, 6.07) is 6.44. The van der Waals surface area contributed by atoms with Gasteiger partial charge >= 0.3 is 11.9 Å². The molecule has 0 spiro atoms. The molecule has 0 saturated heterocycles. The van der Waals surface area contributed by atoms with E-state index >= 15 is 0 Å². The lowest BCUT2D eigenvalue weighted by Gasteiger charge is -2.07. The summed E-state index contributed by atoms with van der Waals surface area (Å²) in [5.41, 5.74) is 0.477. The lowest BCUT2D eigenvalue weighted by atomic mass is 10.1. The second kappa shape index (κ2) is 7.80. The summed E-state index contributed by atoms with van der Waals surface area (Å²) in [6.45, 7) is 3.97. The van der Waals surface area contributed by atoms with Gasteiger partial charge in [0.15, 0.2) is 0 Å². The van der Waals surface area contributed by atoms with Gasteiger partial charge in [-0.15, -0.1) is 0 Å². The smallest absolute Gasteiger partial charge is 0.338 e. The summed E-state index contributed by atoms with van der Waals surface area (Å²) in [7, 11) is 0. The Morgan fingerprint density at radius 1 is 0.941 bits per heavy atom. The summed E-state index contributed by atoms with van der Waals surface area (Å²) in [6.07, 6.45) is 0. The van der Waals surface area contributed by atoms with E-state index in [0.717, 1.165) is 0 Å². The van der Waals surface area contributed by atoms with E-state index < -0.39 is 11.9 Å². The summed E-state index contributed by atoms with van der Waals surface area (Å²) in [4.78, 5) is 23.1. The molecule has 94 valence electrons. The van der Waals surface area contributed by atoms with Crippen LogP contribution in [-0.4, -0.2) is 25.2 Å². The van der Waals surface area contributed by atoms with Gasteiger partial charge in [-0.3, -0.25) is 0 Å². The van der Waals surface area contributed by atoms with Crippen molar-refractivity contribution in [2.75, 3.05) is 13.2 Å². The molecular formula is C12H17O4P. The zero-order valence-electron chi connectivity index (χ0n) is 10.1. The van der Waals surface area contributed by atoms with Crippen LogP contribution in [0.3, 0.4) is 0 Å². The molecule has 4 nitrogen and oxygen atoms in total. The van der Waals surface area contributed by atoms with E-state index in [1.807, 2.05) is 0 Å². The highest BCUT2D eigenvalue weighted by Gasteiger charge is 2.17. The highest BCUT2D eigenvalue weighted by atomic mass is 31.0. The SMILES string of the molecule is CCOC(=O)c1ccccc1C(=O)OCC.P. The minimum atomic E-state index is -0.508. The van der Waals surface area contributed by atoms with Crippen LogP contribution in [0.2, 0.25) is 0 Å². The lowest BCUT2D eigenvalue weighted by Crippen LogP contribution is -2.13. The maximum absolute atomic E-state index is 11.5. The molecule has 0 amide bonds. The number of ether oxygens (including phenoxy) is 2. The van der Waals surface area contributed by atoms with Gasteiger partial charge in [-0.25, -0.2) is 9.59 Å². The van der Waals surface area contributed by atoms with Gasteiger partial charge in [0.1, 0.15) is 0 Å². The second-order valence-electron chi connectivity index (χ2n) is 2.99. The lowest BCUT2D eigenvalue weighted by molar-refractivity contribution is 0.0479. The van der Waals surface area contributed by atoms with Crippen LogP contribution in [0, 0.1) is 0 Å². The Bertz CT molecular complexity index is 353. The summed E-state index contributed by atoms with van der Waals surface area (Å²) in [5.74, 6) is -1.02. The predicted octanol–water partition coefficient (Wildman–Crippen LogP) is 2.10. The van der Waals surface area contributed by atoms with Gasteiger partial charge in [0.2, 0.25) is 0 Å². The van der Waals surface area contributed by atoms with E-state index in [2.05, 4.69) is 0 Å². The first-order valence-corrected chi connectivity index (χ1v) is 5.14. The van der Waals surface area contributed by atoms with E-state index in [0.29, 0.717) is 0 Å². The van der Waals surface area contributed by atoms with Crippen molar-refractivity contribution in [2.45, 2.75) is 13.8 Å². The van der Waals surface area contributed by atoms with Crippen molar-refractivity contribution in [3.05, 3.63) is 35.4 Å². The molecule has 1 aromatic rings. The van der Waals surface area contributed by atoms with Crippen LogP contribution >= 0.6 is 9.90 Å². The molecule has 1 rings (SSSR count). The molecule has 0 radical (unpaired) electrons. The second-order valence-corrected chi connectivity index (χ2v) is 2.99. The van der Waals surface area contributed by atoms with E-state index in [1.165, 1.54) is 0 Å². The van der Waals surface area contributed by atoms with Gasteiger partial charge < -0.3 is 9.47 Å². The topological polar surface area (TPSA) is 52.6 Å². The molecule has 0 saturated carbocycles. The van der Waals surface area contributed by atoms with E-state index in [1.54, 1.807) is 38.1 Å². The molecule has 5 heteroatoms. The normalized spacial score (nSPS) is 9.06. The molecule has 0 bridgehead atoms. The maximum atomic E-state index is 11.5. The number of benzene rings is 1. The minimum absolute atomic E-state index is 0. The van der Waals surface area contributed by atoms with Crippen molar-refractivity contribution in [3.63, 3.8) is 0 Å². The molecule has 0 heterocycles.